The molecule has 0 spiro atoms. The van der Waals surface area contributed by atoms with Crippen molar-refractivity contribution in [2.24, 2.45) is 5.92 Å². The lowest BCUT2D eigenvalue weighted by atomic mass is 9.95. The normalized spacial score (nSPS) is 14.7. The molecule has 6 nitrogen and oxygen atoms in total. The van der Waals surface area contributed by atoms with Gasteiger partial charge >= 0.3 is 0 Å². The Morgan fingerprint density at radius 1 is 1.13 bits per heavy atom. The Kier molecular flexibility index (Phi) is 5.99. The van der Waals surface area contributed by atoms with Crippen LogP contribution in [0.25, 0.3) is 5.69 Å². The highest BCUT2D eigenvalue weighted by Crippen LogP contribution is 2.22. The molecule has 1 fully saturated rings. The minimum Gasteiger partial charge on any atom is -0.342 e. The monoisotopic (exact) mass is 422 g/mol. The van der Waals surface area contributed by atoms with Crippen molar-refractivity contribution in [3.8, 4) is 5.69 Å². The third kappa shape index (κ3) is 4.62. The molecule has 0 aliphatic carbocycles. The number of benzene rings is 1. The number of thiophene rings is 1. The van der Waals surface area contributed by atoms with Crippen LogP contribution in [-0.2, 0) is 16.0 Å². The molecule has 1 aliphatic heterocycles. The molecule has 0 unspecified atom stereocenters. The van der Waals surface area contributed by atoms with Crippen LogP contribution in [0.3, 0.4) is 0 Å². The quantitative estimate of drug-likeness (QED) is 0.677. The van der Waals surface area contributed by atoms with E-state index in [1.807, 2.05) is 70.6 Å². The second-order valence-electron chi connectivity index (χ2n) is 7.84. The molecule has 1 aromatic carbocycles. The summed E-state index contributed by atoms with van der Waals surface area (Å²) in [5, 5.41) is 11.5. The Labute approximate surface area is 180 Å². The summed E-state index contributed by atoms with van der Waals surface area (Å²) in [5.74, 6) is 0.108. The number of amides is 2. The molecular weight excluding hydrogens is 396 g/mol. The van der Waals surface area contributed by atoms with E-state index in [9.17, 15) is 9.59 Å². The van der Waals surface area contributed by atoms with Gasteiger partial charge in [0.15, 0.2) is 0 Å². The van der Waals surface area contributed by atoms with Crippen molar-refractivity contribution in [2.45, 2.75) is 33.1 Å². The molecular formula is C23H26N4O2S. The lowest BCUT2D eigenvalue weighted by Gasteiger charge is -2.31. The van der Waals surface area contributed by atoms with E-state index in [1.54, 1.807) is 11.3 Å². The van der Waals surface area contributed by atoms with Crippen molar-refractivity contribution in [3.63, 3.8) is 0 Å². The maximum absolute atomic E-state index is 12.7. The van der Waals surface area contributed by atoms with Gasteiger partial charge in [-0.3, -0.25) is 9.59 Å². The summed E-state index contributed by atoms with van der Waals surface area (Å²) >= 11 is 1.61. The van der Waals surface area contributed by atoms with Gasteiger partial charge in [0, 0.05) is 30.4 Å². The van der Waals surface area contributed by atoms with Crippen molar-refractivity contribution >= 4 is 28.8 Å². The lowest BCUT2D eigenvalue weighted by Crippen LogP contribution is -2.42. The molecule has 0 atom stereocenters. The van der Waals surface area contributed by atoms with Crippen LogP contribution in [0.5, 0.6) is 0 Å². The van der Waals surface area contributed by atoms with Gasteiger partial charge < -0.3 is 10.2 Å². The van der Waals surface area contributed by atoms with Gasteiger partial charge in [0.1, 0.15) is 0 Å². The lowest BCUT2D eigenvalue weighted by molar-refractivity contribution is -0.133. The van der Waals surface area contributed by atoms with Crippen molar-refractivity contribution < 1.29 is 9.59 Å². The Bertz CT molecular complexity index is 1020. The maximum Gasteiger partial charge on any atom is 0.227 e. The number of piperidine rings is 1. The number of aryl methyl sites for hydroxylation is 2. The maximum atomic E-state index is 12.7. The van der Waals surface area contributed by atoms with E-state index < -0.39 is 0 Å². The molecule has 1 N–H and O–H groups in total. The number of anilines is 1. The number of carbonyl (C=O) groups is 2. The molecule has 1 aliphatic rings. The number of nitrogens with one attached hydrogen (secondary N) is 1. The summed E-state index contributed by atoms with van der Waals surface area (Å²) in [7, 11) is 0. The zero-order valence-corrected chi connectivity index (χ0v) is 18.1. The number of hydrogen-bond acceptors (Lipinski definition) is 4. The number of nitrogens with zero attached hydrogens (tertiary/aromatic N) is 3. The van der Waals surface area contributed by atoms with Crippen molar-refractivity contribution in [1.82, 2.24) is 14.7 Å². The van der Waals surface area contributed by atoms with Crippen LogP contribution in [-0.4, -0.2) is 39.6 Å². The first-order valence-electron chi connectivity index (χ1n) is 10.2. The molecule has 4 rings (SSSR count). The van der Waals surface area contributed by atoms with Crippen LogP contribution in [0.2, 0.25) is 0 Å². The number of carbonyl (C=O) groups excluding carboxylic acids is 2. The fraction of sp³-hybridized carbons (Fsp3) is 0.348. The standard InChI is InChI=1S/C23H26N4O2S/c1-16-13-17(2)27(25-16)21-5-3-20(4-6-21)24-23(29)19-7-10-26(11-8-19)22(28)14-18-9-12-30-15-18/h3-6,9,12-13,15,19H,7-8,10-11,14H2,1-2H3,(H,24,29). The van der Waals surface area contributed by atoms with Crippen LogP contribution < -0.4 is 5.32 Å². The molecule has 2 amide bonds. The molecule has 2 aromatic heterocycles. The zero-order valence-electron chi connectivity index (χ0n) is 17.3. The summed E-state index contributed by atoms with van der Waals surface area (Å²) < 4.78 is 1.89. The summed E-state index contributed by atoms with van der Waals surface area (Å²) in [6, 6.07) is 11.8. The highest BCUT2D eigenvalue weighted by molar-refractivity contribution is 7.08. The van der Waals surface area contributed by atoms with E-state index in [2.05, 4.69) is 10.4 Å². The van der Waals surface area contributed by atoms with Gasteiger partial charge in [0.25, 0.3) is 0 Å². The Morgan fingerprint density at radius 2 is 1.87 bits per heavy atom. The number of likely N-dealkylation sites (tertiary alicyclic amines) is 1. The van der Waals surface area contributed by atoms with Gasteiger partial charge in [0.05, 0.1) is 17.8 Å². The van der Waals surface area contributed by atoms with Crippen LogP contribution in [0.1, 0.15) is 29.8 Å². The number of hydrogen-bond donors (Lipinski definition) is 1. The molecule has 30 heavy (non-hydrogen) atoms. The highest BCUT2D eigenvalue weighted by Gasteiger charge is 2.27. The average Bonchev–Trinajstić information content (AvgIpc) is 3.37. The molecule has 7 heteroatoms. The van der Waals surface area contributed by atoms with Gasteiger partial charge in [-0.05, 0) is 79.4 Å². The molecule has 3 aromatic rings. The van der Waals surface area contributed by atoms with Crippen LogP contribution in [0, 0.1) is 19.8 Å². The summed E-state index contributed by atoms with van der Waals surface area (Å²) in [6.45, 7) is 5.27. The predicted molar refractivity (Wildman–Crippen MR) is 119 cm³/mol. The van der Waals surface area contributed by atoms with E-state index in [0.29, 0.717) is 32.4 Å². The topological polar surface area (TPSA) is 67.2 Å². The van der Waals surface area contributed by atoms with E-state index >= 15 is 0 Å². The highest BCUT2D eigenvalue weighted by atomic mass is 32.1. The summed E-state index contributed by atoms with van der Waals surface area (Å²) in [5.41, 5.74) is 4.86. The molecule has 3 heterocycles. The number of rotatable bonds is 5. The zero-order chi connectivity index (χ0) is 21.1. The third-order valence-corrected chi connectivity index (χ3v) is 6.27. The first-order valence-corrected chi connectivity index (χ1v) is 11.2. The first-order chi connectivity index (χ1) is 14.5. The van der Waals surface area contributed by atoms with Crippen LogP contribution >= 0.6 is 11.3 Å². The van der Waals surface area contributed by atoms with Gasteiger partial charge in [-0.15, -0.1) is 0 Å². The van der Waals surface area contributed by atoms with E-state index in [4.69, 9.17) is 0 Å². The van der Waals surface area contributed by atoms with Gasteiger partial charge in [-0.1, -0.05) is 0 Å². The van der Waals surface area contributed by atoms with Crippen LogP contribution in [0.4, 0.5) is 5.69 Å². The number of aromatic nitrogens is 2. The Morgan fingerprint density at radius 3 is 2.47 bits per heavy atom. The molecule has 156 valence electrons. The SMILES string of the molecule is Cc1cc(C)n(-c2ccc(NC(=O)C3CCN(C(=O)Cc4ccsc4)CC3)cc2)n1. The third-order valence-electron chi connectivity index (χ3n) is 5.54. The Balaban J connectivity index is 1.29. The first kappa shape index (κ1) is 20.3. The molecule has 1 saturated heterocycles. The minimum absolute atomic E-state index is 0.0267. The molecule has 0 bridgehead atoms. The smallest absolute Gasteiger partial charge is 0.227 e. The minimum atomic E-state index is -0.0640. The Hall–Kier alpha value is -2.93. The second kappa shape index (κ2) is 8.83. The van der Waals surface area contributed by atoms with E-state index in [-0.39, 0.29) is 17.7 Å². The predicted octanol–water partition coefficient (Wildman–Crippen LogP) is 3.97. The van der Waals surface area contributed by atoms with Gasteiger partial charge in [-0.25, -0.2) is 4.68 Å². The largest absolute Gasteiger partial charge is 0.342 e. The fourth-order valence-corrected chi connectivity index (χ4v) is 4.56. The second-order valence-corrected chi connectivity index (χ2v) is 8.62. The molecule has 0 radical (unpaired) electrons. The fourth-order valence-electron chi connectivity index (χ4n) is 3.89. The molecule has 0 saturated carbocycles. The van der Waals surface area contributed by atoms with Crippen molar-refractivity contribution in [2.75, 3.05) is 18.4 Å². The van der Waals surface area contributed by atoms with Gasteiger partial charge in [-0.2, -0.15) is 16.4 Å². The van der Waals surface area contributed by atoms with Crippen molar-refractivity contribution in [3.05, 3.63) is 64.1 Å². The van der Waals surface area contributed by atoms with E-state index in [0.717, 1.165) is 28.3 Å². The van der Waals surface area contributed by atoms with Gasteiger partial charge in [0.2, 0.25) is 11.8 Å². The van der Waals surface area contributed by atoms with Crippen molar-refractivity contribution in [1.29, 1.82) is 0 Å². The van der Waals surface area contributed by atoms with E-state index in [1.165, 1.54) is 0 Å². The summed E-state index contributed by atoms with van der Waals surface area (Å²) in [6.07, 6.45) is 1.85. The average molecular weight is 423 g/mol. The van der Waals surface area contributed by atoms with Crippen LogP contribution in [0.15, 0.2) is 47.2 Å². The summed E-state index contributed by atoms with van der Waals surface area (Å²) in [4.78, 5) is 27.0.